The molecule has 2 aliphatic rings. The summed E-state index contributed by atoms with van der Waals surface area (Å²) in [6, 6.07) is 8.36. The Morgan fingerprint density at radius 1 is 1.10 bits per heavy atom. The Balaban J connectivity index is 1.50. The van der Waals surface area contributed by atoms with Gasteiger partial charge in [-0.3, -0.25) is 4.79 Å². The lowest BCUT2D eigenvalue weighted by atomic mass is 9.79. The first kappa shape index (κ1) is 28.8. The highest BCUT2D eigenvalue weighted by Crippen LogP contribution is 2.42. The maximum atomic E-state index is 15.1. The summed E-state index contributed by atoms with van der Waals surface area (Å²) in [7, 11) is 1.40. The molecule has 1 spiro atoms. The minimum atomic E-state index is -0.538. The van der Waals surface area contributed by atoms with Gasteiger partial charge < -0.3 is 23.8 Å². The van der Waals surface area contributed by atoms with E-state index in [9.17, 15) is 9.59 Å². The predicted molar refractivity (Wildman–Crippen MR) is 155 cm³/mol. The third-order valence-corrected chi connectivity index (χ3v) is 7.88. The Labute approximate surface area is 240 Å². The monoisotopic (exact) mass is 565 g/mol. The number of fused-ring (bicyclic) bond motifs is 1. The highest BCUT2D eigenvalue weighted by molar-refractivity contribution is 5.92. The summed E-state index contributed by atoms with van der Waals surface area (Å²) in [6.07, 6.45) is 3.48. The molecule has 10 heteroatoms. The molecule has 5 rings (SSSR count). The Kier molecular flexibility index (Phi) is 7.70. The Morgan fingerprint density at radius 3 is 2.49 bits per heavy atom. The normalized spacial score (nSPS) is 17.3. The van der Waals surface area contributed by atoms with E-state index in [2.05, 4.69) is 18.7 Å². The molecular weight excluding hydrogens is 525 g/mol. The summed E-state index contributed by atoms with van der Waals surface area (Å²) in [5.74, 6) is 0.204. The van der Waals surface area contributed by atoms with Gasteiger partial charge in [-0.05, 0) is 57.7 Å². The zero-order chi connectivity index (χ0) is 29.5. The molecule has 1 atom stereocenters. The molecule has 2 aliphatic heterocycles. The van der Waals surface area contributed by atoms with E-state index >= 15 is 4.39 Å². The first-order valence-corrected chi connectivity index (χ1v) is 14.3. The minimum absolute atomic E-state index is 0.0551. The molecule has 2 saturated heterocycles. The van der Waals surface area contributed by atoms with Crippen LogP contribution in [0.25, 0.3) is 22.3 Å². The zero-order valence-corrected chi connectivity index (χ0v) is 24.8. The lowest BCUT2D eigenvalue weighted by molar-refractivity contribution is -0.141. The zero-order valence-electron chi connectivity index (χ0n) is 24.8. The molecule has 1 unspecified atom stereocenters. The van der Waals surface area contributed by atoms with Gasteiger partial charge in [0.15, 0.2) is 0 Å². The number of hydrogen-bond acceptors (Lipinski definition) is 7. The lowest BCUT2D eigenvalue weighted by Gasteiger charge is -2.47. The number of benzene rings is 1. The van der Waals surface area contributed by atoms with Gasteiger partial charge in [-0.25, -0.2) is 14.2 Å². The topological polar surface area (TPSA) is 89.8 Å². The number of rotatable bonds is 7. The fraction of sp³-hybridized carbons (Fsp3) is 0.548. The molecule has 0 radical (unpaired) electrons. The molecular formula is C31H40FN5O4. The first-order valence-electron chi connectivity index (χ1n) is 14.3. The summed E-state index contributed by atoms with van der Waals surface area (Å²) in [5, 5.41) is 0.728. The lowest BCUT2D eigenvalue weighted by Crippen LogP contribution is -2.60. The van der Waals surface area contributed by atoms with E-state index in [0.717, 1.165) is 24.8 Å². The van der Waals surface area contributed by atoms with Gasteiger partial charge in [-0.15, -0.1) is 0 Å². The molecule has 3 aromatic rings. The second kappa shape index (κ2) is 10.9. The van der Waals surface area contributed by atoms with Gasteiger partial charge in [0.2, 0.25) is 5.95 Å². The van der Waals surface area contributed by atoms with Gasteiger partial charge in [0, 0.05) is 54.8 Å². The highest BCUT2D eigenvalue weighted by Gasteiger charge is 2.51. The Bertz CT molecular complexity index is 1440. The van der Waals surface area contributed by atoms with Crippen LogP contribution in [0.2, 0.25) is 0 Å². The quantitative estimate of drug-likeness (QED) is 0.333. The fourth-order valence-corrected chi connectivity index (χ4v) is 6.01. The van der Waals surface area contributed by atoms with E-state index < -0.39 is 5.60 Å². The molecule has 0 N–H and O–H groups in total. The second-order valence-corrected chi connectivity index (χ2v) is 12.9. The van der Waals surface area contributed by atoms with Gasteiger partial charge in [-0.2, -0.15) is 4.98 Å². The van der Waals surface area contributed by atoms with Gasteiger partial charge in [0.05, 0.1) is 19.2 Å². The van der Waals surface area contributed by atoms with Crippen LogP contribution in [0.3, 0.4) is 0 Å². The molecule has 9 nitrogen and oxygen atoms in total. The number of halogens is 1. The van der Waals surface area contributed by atoms with E-state index in [0.29, 0.717) is 48.4 Å². The van der Waals surface area contributed by atoms with Crippen molar-refractivity contribution < 1.29 is 23.5 Å². The van der Waals surface area contributed by atoms with Crippen molar-refractivity contribution in [3.63, 3.8) is 0 Å². The van der Waals surface area contributed by atoms with E-state index in [1.54, 1.807) is 23.1 Å². The van der Waals surface area contributed by atoms with Gasteiger partial charge >= 0.3 is 12.1 Å². The van der Waals surface area contributed by atoms with Crippen LogP contribution in [0.1, 0.15) is 59.9 Å². The molecule has 2 fully saturated rings. The van der Waals surface area contributed by atoms with Crippen LogP contribution in [0.5, 0.6) is 0 Å². The standard InChI is InChI=1S/C31H40FN5O4/c1-20(2)15-21(16-25(38)40-6)37-13-11-23-26(22-9-7-8-10-24(22)32)33-28(34-27(23)37)35-14-12-31(17-35)18-36(19-31)29(39)41-30(3,4)5/h7-11,13,20-21H,12,14-19H2,1-6H3. The second-order valence-electron chi connectivity index (χ2n) is 12.9. The Hall–Kier alpha value is -3.69. The third kappa shape index (κ3) is 6.01. The number of methoxy groups -OCH3 is 1. The number of ether oxygens (including phenoxy) is 2. The van der Waals surface area contributed by atoms with Crippen LogP contribution in [0.4, 0.5) is 15.1 Å². The number of aromatic nitrogens is 3. The van der Waals surface area contributed by atoms with E-state index in [1.807, 2.05) is 37.6 Å². The van der Waals surface area contributed by atoms with Gasteiger partial charge in [0.1, 0.15) is 17.1 Å². The maximum Gasteiger partial charge on any atom is 0.410 e. The number of amides is 1. The average Bonchev–Trinajstić information content (AvgIpc) is 3.51. The smallest absolute Gasteiger partial charge is 0.410 e. The van der Waals surface area contributed by atoms with E-state index in [4.69, 9.17) is 19.4 Å². The molecule has 41 heavy (non-hydrogen) atoms. The van der Waals surface area contributed by atoms with E-state index in [-0.39, 0.29) is 35.8 Å². The van der Waals surface area contributed by atoms with Crippen LogP contribution in [0, 0.1) is 17.2 Å². The molecule has 220 valence electrons. The molecule has 1 amide bonds. The summed E-state index contributed by atoms with van der Waals surface area (Å²) < 4.78 is 27.7. The van der Waals surface area contributed by atoms with Crippen LogP contribution >= 0.6 is 0 Å². The molecule has 2 aromatic heterocycles. The van der Waals surface area contributed by atoms with Crippen LogP contribution in [0.15, 0.2) is 36.5 Å². The predicted octanol–water partition coefficient (Wildman–Crippen LogP) is 5.83. The van der Waals surface area contributed by atoms with Gasteiger partial charge in [0.25, 0.3) is 0 Å². The maximum absolute atomic E-state index is 15.1. The molecule has 0 saturated carbocycles. The Morgan fingerprint density at radius 2 is 1.83 bits per heavy atom. The number of carbonyl (C=O) groups is 2. The summed E-state index contributed by atoms with van der Waals surface area (Å²) in [4.78, 5) is 38.7. The molecule has 1 aromatic carbocycles. The number of carbonyl (C=O) groups excluding carboxylic acids is 2. The number of anilines is 1. The SMILES string of the molecule is COC(=O)CC(CC(C)C)n1ccc2c(-c3ccccc3F)nc(N3CCC4(CN(C(=O)OC(C)(C)C)C4)C3)nc21. The summed E-state index contributed by atoms with van der Waals surface area (Å²) in [6.45, 7) is 12.5. The van der Waals surface area contributed by atoms with E-state index in [1.165, 1.54) is 13.2 Å². The van der Waals surface area contributed by atoms with Crippen molar-refractivity contribution in [1.82, 2.24) is 19.4 Å². The van der Waals surface area contributed by atoms with Crippen molar-refractivity contribution >= 4 is 29.0 Å². The van der Waals surface area contributed by atoms with Gasteiger partial charge in [-0.1, -0.05) is 26.0 Å². The van der Waals surface area contributed by atoms with Crippen molar-refractivity contribution in [2.45, 2.75) is 65.5 Å². The molecule has 0 bridgehead atoms. The minimum Gasteiger partial charge on any atom is -0.469 e. The number of esters is 1. The number of nitrogens with zero attached hydrogens (tertiary/aromatic N) is 5. The molecule has 0 aliphatic carbocycles. The fourth-order valence-electron chi connectivity index (χ4n) is 6.01. The van der Waals surface area contributed by atoms with Crippen molar-refractivity contribution in [3.8, 4) is 11.3 Å². The van der Waals surface area contributed by atoms with Crippen molar-refractivity contribution in [1.29, 1.82) is 0 Å². The van der Waals surface area contributed by atoms with Crippen molar-refractivity contribution in [2.24, 2.45) is 11.3 Å². The highest BCUT2D eigenvalue weighted by atomic mass is 19.1. The number of hydrogen-bond donors (Lipinski definition) is 0. The van der Waals surface area contributed by atoms with Crippen LogP contribution < -0.4 is 4.90 Å². The van der Waals surface area contributed by atoms with Crippen LogP contribution in [-0.2, 0) is 14.3 Å². The third-order valence-electron chi connectivity index (χ3n) is 7.88. The average molecular weight is 566 g/mol. The molecule has 4 heterocycles. The first-order chi connectivity index (χ1) is 19.4. The largest absolute Gasteiger partial charge is 0.469 e. The van der Waals surface area contributed by atoms with Crippen molar-refractivity contribution in [3.05, 3.63) is 42.3 Å². The van der Waals surface area contributed by atoms with Crippen molar-refractivity contribution in [2.75, 3.05) is 38.2 Å². The summed E-state index contributed by atoms with van der Waals surface area (Å²) >= 11 is 0. The summed E-state index contributed by atoms with van der Waals surface area (Å²) in [5.41, 5.74) is 0.992. The van der Waals surface area contributed by atoms with Crippen LogP contribution in [-0.4, -0.2) is 70.4 Å². The number of likely N-dealkylation sites (tertiary alicyclic amines) is 1.